The van der Waals surface area contributed by atoms with Gasteiger partial charge in [-0.15, -0.1) is 0 Å². The number of rotatable bonds is 4. The van der Waals surface area contributed by atoms with Crippen molar-refractivity contribution in [3.63, 3.8) is 0 Å². The van der Waals surface area contributed by atoms with Crippen LogP contribution in [0.5, 0.6) is 0 Å². The average molecular weight is 273 g/mol. The largest absolute Gasteiger partial charge is 0.382 e. The van der Waals surface area contributed by atoms with Gasteiger partial charge in [-0.25, -0.2) is 4.39 Å². The van der Waals surface area contributed by atoms with E-state index in [0.29, 0.717) is 6.04 Å². The number of ether oxygens (including phenoxy) is 1. The van der Waals surface area contributed by atoms with Crippen LogP contribution in [0.25, 0.3) is 0 Å². The van der Waals surface area contributed by atoms with Gasteiger partial charge in [-0.05, 0) is 31.5 Å². The highest BCUT2D eigenvalue weighted by molar-refractivity contribution is 6.31. The molecule has 0 aliphatic carbocycles. The second-order valence-corrected chi connectivity index (χ2v) is 5.04. The predicted molar refractivity (Wildman–Crippen MR) is 71.7 cm³/mol. The lowest BCUT2D eigenvalue weighted by Crippen LogP contribution is -2.43. The summed E-state index contributed by atoms with van der Waals surface area (Å²) in [4.78, 5) is 0. The van der Waals surface area contributed by atoms with Crippen LogP contribution in [0.15, 0.2) is 18.2 Å². The van der Waals surface area contributed by atoms with E-state index in [0.717, 1.165) is 31.9 Å². The lowest BCUT2D eigenvalue weighted by Gasteiger charge is -2.27. The minimum absolute atomic E-state index is 0.145. The molecule has 0 amide bonds. The highest BCUT2D eigenvalue weighted by Gasteiger charge is 2.16. The summed E-state index contributed by atoms with van der Waals surface area (Å²) in [5.74, 6) is -0.391. The highest BCUT2D eigenvalue weighted by atomic mass is 35.5. The van der Waals surface area contributed by atoms with Crippen molar-refractivity contribution >= 4 is 17.3 Å². The number of benzene rings is 1. The van der Waals surface area contributed by atoms with E-state index >= 15 is 0 Å². The maximum absolute atomic E-state index is 13.0. The lowest BCUT2D eigenvalue weighted by atomic mass is 10.1. The first-order valence-electron chi connectivity index (χ1n) is 6.18. The van der Waals surface area contributed by atoms with Crippen molar-refractivity contribution in [2.75, 3.05) is 25.1 Å². The van der Waals surface area contributed by atoms with Crippen molar-refractivity contribution in [3.05, 3.63) is 29.0 Å². The monoisotopic (exact) mass is 272 g/mol. The zero-order chi connectivity index (χ0) is 13.0. The molecule has 2 unspecified atom stereocenters. The zero-order valence-electron chi connectivity index (χ0n) is 10.4. The minimum Gasteiger partial charge on any atom is -0.382 e. The molecule has 1 aliphatic rings. The summed E-state index contributed by atoms with van der Waals surface area (Å²) in [6.45, 7) is 4.52. The van der Waals surface area contributed by atoms with Crippen molar-refractivity contribution in [2.45, 2.75) is 25.4 Å². The van der Waals surface area contributed by atoms with Gasteiger partial charge in [0, 0.05) is 24.3 Å². The molecule has 5 heteroatoms. The molecular weight excluding hydrogens is 255 g/mol. The first-order chi connectivity index (χ1) is 8.65. The molecule has 1 heterocycles. The van der Waals surface area contributed by atoms with Crippen LogP contribution >= 0.6 is 11.6 Å². The van der Waals surface area contributed by atoms with Gasteiger partial charge in [0.2, 0.25) is 0 Å². The fraction of sp³-hybridized carbons (Fsp3) is 0.538. The van der Waals surface area contributed by atoms with Gasteiger partial charge in [0.1, 0.15) is 5.82 Å². The van der Waals surface area contributed by atoms with E-state index in [1.165, 1.54) is 6.07 Å². The fourth-order valence-electron chi connectivity index (χ4n) is 2.13. The molecular formula is C13H18ClFN2O. The molecule has 0 saturated carbocycles. The van der Waals surface area contributed by atoms with Gasteiger partial charge >= 0.3 is 0 Å². The van der Waals surface area contributed by atoms with Crippen LogP contribution in [0.2, 0.25) is 5.02 Å². The van der Waals surface area contributed by atoms with Crippen molar-refractivity contribution in [2.24, 2.45) is 0 Å². The number of halogens is 2. The summed E-state index contributed by atoms with van der Waals surface area (Å²) in [5, 5.41) is 6.86. The molecule has 0 radical (unpaired) electrons. The molecule has 2 rings (SSSR count). The van der Waals surface area contributed by atoms with E-state index in [1.54, 1.807) is 12.1 Å². The van der Waals surface area contributed by atoms with Gasteiger partial charge in [0.25, 0.3) is 0 Å². The van der Waals surface area contributed by atoms with Crippen molar-refractivity contribution in [1.82, 2.24) is 5.32 Å². The van der Waals surface area contributed by atoms with Crippen LogP contribution in [0, 0.1) is 5.82 Å². The van der Waals surface area contributed by atoms with Crippen LogP contribution in [-0.4, -0.2) is 31.8 Å². The maximum atomic E-state index is 13.0. The van der Waals surface area contributed by atoms with Crippen LogP contribution in [0.1, 0.15) is 13.3 Å². The standard InChI is InChI=1S/C13H18ClFN2O/c1-9(6-11-8-18-5-4-16-11)17-10-2-3-13(15)12(14)7-10/h2-3,7,9,11,16-17H,4-6,8H2,1H3. The molecule has 1 fully saturated rings. The Morgan fingerprint density at radius 2 is 2.44 bits per heavy atom. The molecule has 18 heavy (non-hydrogen) atoms. The summed E-state index contributed by atoms with van der Waals surface area (Å²) in [6, 6.07) is 5.32. The molecule has 0 spiro atoms. The molecule has 1 aromatic rings. The molecule has 0 bridgehead atoms. The molecule has 100 valence electrons. The van der Waals surface area contributed by atoms with Gasteiger partial charge in [0.15, 0.2) is 0 Å². The number of morpholine rings is 1. The SMILES string of the molecule is CC(CC1COCCN1)Nc1ccc(F)c(Cl)c1. The third kappa shape index (κ3) is 3.83. The van der Waals surface area contributed by atoms with Crippen LogP contribution in [0.4, 0.5) is 10.1 Å². The van der Waals surface area contributed by atoms with Crippen LogP contribution < -0.4 is 10.6 Å². The Morgan fingerprint density at radius 3 is 3.11 bits per heavy atom. The summed E-state index contributed by atoms with van der Waals surface area (Å²) >= 11 is 5.74. The maximum Gasteiger partial charge on any atom is 0.141 e. The second kappa shape index (κ2) is 6.36. The Labute approximate surface area is 112 Å². The predicted octanol–water partition coefficient (Wildman–Crippen LogP) is 2.66. The van der Waals surface area contributed by atoms with Gasteiger partial charge in [0.05, 0.1) is 18.2 Å². The fourth-order valence-corrected chi connectivity index (χ4v) is 2.31. The Bertz CT molecular complexity index is 397. The summed E-state index contributed by atoms with van der Waals surface area (Å²) in [5.41, 5.74) is 0.839. The lowest BCUT2D eigenvalue weighted by molar-refractivity contribution is 0.0731. The number of hydrogen-bond donors (Lipinski definition) is 2. The topological polar surface area (TPSA) is 33.3 Å². The van der Waals surface area contributed by atoms with Gasteiger partial charge in [-0.2, -0.15) is 0 Å². The molecule has 1 saturated heterocycles. The first-order valence-corrected chi connectivity index (χ1v) is 6.55. The average Bonchev–Trinajstić information content (AvgIpc) is 2.35. The second-order valence-electron chi connectivity index (χ2n) is 4.64. The van der Waals surface area contributed by atoms with Crippen molar-refractivity contribution < 1.29 is 9.13 Å². The summed E-state index contributed by atoms with van der Waals surface area (Å²) in [7, 11) is 0. The summed E-state index contributed by atoms with van der Waals surface area (Å²) < 4.78 is 18.4. The quantitative estimate of drug-likeness (QED) is 0.884. The van der Waals surface area contributed by atoms with E-state index in [4.69, 9.17) is 16.3 Å². The Balaban J connectivity index is 1.85. The zero-order valence-corrected chi connectivity index (χ0v) is 11.1. The number of nitrogens with one attached hydrogen (secondary N) is 2. The molecule has 2 atom stereocenters. The molecule has 2 N–H and O–H groups in total. The Hall–Kier alpha value is -0.840. The smallest absolute Gasteiger partial charge is 0.141 e. The van der Waals surface area contributed by atoms with E-state index in [2.05, 4.69) is 17.6 Å². The molecule has 3 nitrogen and oxygen atoms in total. The Kier molecular flexibility index (Phi) is 4.80. The molecule has 0 aromatic heterocycles. The van der Waals surface area contributed by atoms with Gasteiger partial charge < -0.3 is 15.4 Å². The molecule has 1 aromatic carbocycles. The summed E-state index contributed by atoms with van der Waals surface area (Å²) in [6.07, 6.45) is 0.953. The van der Waals surface area contributed by atoms with Crippen molar-refractivity contribution in [3.8, 4) is 0 Å². The minimum atomic E-state index is -0.391. The van der Waals surface area contributed by atoms with E-state index in [9.17, 15) is 4.39 Å². The van der Waals surface area contributed by atoms with E-state index < -0.39 is 5.82 Å². The normalized spacial score (nSPS) is 21.6. The van der Waals surface area contributed by atoms with E-state index in [1.807, 2.05) is 0 Å². The third-order valence-corrected chi connectivity index (χ3v) is 3.26. The third-order valence-electron chi connectivity index (χ3n) is 2.97. The van der Waals surface area contributed by atoms with Crippen LogP contribution in [-0.2, 0) is 4.74 Å². The highest BCUT2D eigenvalue weighted by Crippen LogP contribution is 2.20. The van der Waals surface area contributed by atoms with Crippen LogP contribution in [0.3, 0.4) is 0 Å². The Morgan fingerprint density at radius 1 is 1.61 bits per heavy atom. The van der Waals surface area contributed by atoms with Gasteiger partial charge in [-0.1, -0.05) is 11.6 Å². The van der Waals surface area contributed by atoms with Gasteiger partial charge in [-0.3, -0.25) is 0 Å². The number of hydrogen-bond acceptors (Lipinski definition) is 3. The number of anilines is 1. The first kappa shape index (κ1) is 13.6. The van der Waals surface area contributed by atoms with E-state index in [-0.39, 0.29) is 11.1 Å². The van der Waals surface area contributed by atoms with Crippen molar-refractivity contribution in [1.29, 1.82) is 0 Å². The molecule has 1 aliphatic heterocycles.